The van der Waals surface area contributed by atoms with Gasteiger partial charge in [-0.05, 0) is 43.7 Å². The van der Waals surface area contributed by atoms with Gasteiger partial charge in [0, 0.05) is 7.05 Å². The van der Waals surface area contributed by atoms with Crippen LogP contribution in [0, 0.1) is 18.8 Å². The van der Waals surface area contributed by atoms with Gasteiger partial charge in [-0.25, -0.2) is 8.42 Å². The average Bonchev–Trinajstić information content (AvgIpc) is 3.32. The summed E-state index contributed by atoms with van der Waals surface area (Å²) in [6.45, 7) is 2.70. The lowest BCUT2D eigenvalue weighted by Gasteiger charge is -2.54. The Bertz CT molecular complexity index is 709. The number of epoxide rings is 1. The van der Waals surface area contributed by atoms with E-state index in [0.717, 1.165) is 18.6 Å². The molecule has 2 aliphatic carbocycles. The van der Waals surface area contributed by atoms with Crippen LogP contribution in [0.5, 0.6) is 0 Å². The van der Waals surface area contributed by atoms with Crippen molar-refractivity contribution in [3.8, 4) is 0 Å². The fourth-order valence-corrected chi connectivity index (χ4v) is 6.48. The van der Waals surface area contributed by atoms with Crippen molar-refractivity contribution in [2.45, 2.75) is 62.0 Å². The molecule has 1 spiro atoms. The van der Waals surface area contributed by atoms with Gasteiger partial charge in [0.25, 0.3) is 0 Å². The zero-order valence-electron chi connectivity index (χ0n) is 14.6. The van der Waals surface area contributed by atoms with Gasteiger partial charge < -0.3 is 4.74 Å². The highest BCUT2D eigenvalue weighted by Gasteiger charge is 2.72. The van der Waals surface area contributed by atoms with Crippen molar-refractivity contribution in [1.29, 1.82) is 0 Å². The van der Waals surface area contributed by atoms with Crippen LogP contribution < -0.4 is 0 Å². The molecule has 3 fully saturated rings. The summed E-state index contributed by atoms with van der Waals surface area (Å²) in [6.07, 6.45) is 7.38. The average molecular weight is 349 g/mol. The predicted molar refractivity (Wildman–Crippen MR) is 93.3 cm³/mol. The molecule has 2 saturated carbocycles. The Morgan fingerprint density at radius 1 is 1.08 bits per heavy atom. The lowest BCUT2D eigenvalue weighted by molar-refractivity contribution is -0.0630. The molecule has 0 unspecified atom stereocenters. The zero-order valence-corrected chi connectivity index (χ0v) is 15.4. The highest BCUT2D eigenvalue weighted by Crippen LogP contribution is 2.61. The topological polar surface area (TPSA) is 49.9 Å². The lowest BCUT2D eigenvalue weighted by Crippen LogP contribution is -2.66. The molecule has 4 rings (SSSR count). The van der Waals surface area contributed by atoms with Gasteiger partial charge in [-0.3, -0.25) is 0 Å². The van der Waals surface area contributed by atoms with Crippen molar-refractivity contribution >= 4 is 10.0 Å². The Hall–Kier alpha value is -0.910. The highest BCUT2D eigenvalue weighted by molar-refractivity contribution is 7.89. The minimum absolute atomic E-state index is 0.00639. The standard InChI is InChI=1S/C19H27NO3S/c1-14-9-11-15(12-10-14)24(21,22)20(2)18-16-7-5-3-4-6-8-17(16)19(18)13-23-19/h9-12,16-18H,3-8,13H2,1-2H3/t16-,17-,18+,19-/m1/s1. The minimum Gasteiger partial charge on any atom is -0.368 e. The zero-order chi connectivity index (χ0) is 16.9. The number of fused-ring (bicyclic) bond motifs is 2. The molecule has 1 aromatic rings. The van der Waals surface area contributed by atoms with Crippen LogP contribution in [-0.4, -0.2) is 38.0 Å². The maximum atomic E-state index is 13.1. The van der Waals surface area contributed by atoms with Crippen molar-refractivity contribution in [1.82, 2.24) is 4.31 Å². The Morgan fingerprint density at radius 2 is 1.71 bits per heavy atom. The van der Waals surface area contributed by atoms with Crippen LogP contribution >= 0.6 is 0 Å². The first kappa shape index (κ1) is 16.6. The number of likely N-dealkylation sites (N-methyl/N-ethyl adjacent to an activating group) is 1. The highest BCUT2D eigenvalue weighted by atomic mass is 32.2. The van der Waals surface area contributed by atoms with Crippen molar-refractivity contribution in [2.75, 3.05) is 13.7 Å². The second kappa shape index (κ2) is 5.82. The van der Waals surface area contributed by atoms with Gasteiger partial charge in [0.2, 0.25) is 10.0 Å². The summed E-state index contributed by atoms with van der Waals surface area (Å²) in [5.74, 6) is 1.01. The van der Waals surface area contributed by atoms with Crippen molar-refractivity contribution in [2.24, 2.45) is 11.8 Å². The van der Waals surface area contributed by atoms with Gasteiger partial charge in [0.15, 0.2) is 0 Å². The van der Waals surface area contributed by atoms with E-state index in [2.05, 4.69) is 0 Å². The fourth-order valence-electron chi connectivity index (χ4n) is 5.03. The molecule has 5 heteroatoms. The third-order valence-corrected chi connectivity index (χ3v) is 8.27. The van der Waals surface area contributed by atoms with E-state index in [1.807, 2.05) is 19.1 Å². The number of ether oxygens (including phenoxy) is 1. The van der Waals surface area contributed by atoms with E-state index in [-0.39, 0.29) is 11.6 Å². The summed E-state index contributed by atoms with van der Waals surface area (Å²) in [7, 11) is -1.72. The summed E-state index contributed by atoms with van der Waals surface area (Å²) >= 11 is 0. The fraction of sp³-hybridized carbons (Fsp3) is 0.684. The second-order valence-electron chi connectivity index (χ2n) is 7.78. The summed E-state index contributed by atoms with van der Waals surface area (Å²) in [5, 5.41) is 0. The molecule has 1 aromatic carbocycles. The maximum absolute atomic E-state index is 13.1. The summed E-state index contributed by atoms with van der Waals surface area (Å²) in [6, 6.07) is 7.17. The molecule has 1 saturated heterocycles. The van der Waals surface area contributed by atoms with E-state index in [4.69, 9.17) is 4.74 Å². The number of hydrogen-bond acceptors (Lipinski definition) is 3. The quantitative estimate of drug-likeness (QED) is 0.786. The van der Waals surface area contributed by atoms with Crippen LogP contribution in [0.3, 0.4) is 0 Å². The van der Waals surface area contributed by atoms with Gasteiger partial charge in [-0.2, -0.15) is 4.31 Å². The SMILES string of the molecule is Cc1ccc(S(=O)(=O)N(C)[C@H]2[C@@H]3CCCCCC[C@H]3[C@]23CO3)cc1. The molecule has 0 N–H and O–H groups in total. The number of sulfonamides is 1. The number of benzene rings is 1. The number of hydrogen-bond donors (Lipinski definition) is 0. The molecule has 3 aliphatic rings. The van der Waals surface area contributed by atoms with E-state index in [1.165, 1.54) is 32.1 Å². The van der Waals surface area contributed by atoms with Crippen LogP contribution in [0.25, 0.3) is 0 Å². The van der Waals surface area contributed by atoms with Gasteiger partial charge in [-0.15, -0.1) is 0 Å². The normalized spacial score (nSPS) is 35.9. The monoisotopic (exact) mass is 349 g/mol. The van der Waals surface area contributed by atoms with E-state index < -0.39 is 10.0 Å². The van der Waals surface area contributed by atoms with Gasteiger partial charge in [0.05, 0.1) is 17.5 Å². The first-order valence-corrected chi connectivity index (χ1v) is 10.6. The molecule has 0 radical (unpaired) electrons. The van der Waals surface area contributed by atoms with Crippen LogP contribution in [-0.2, 0) is 14.8 Å². The Morgan fingerprint density at radius 3 is 2.33 bits per heavy atom. The largest absolute Gasteiger partial charge is 0.368 e. The molecule has 0 aromatic heterocycles. The Labute approximate surface area is 145 Å². The molecule has 1 aliphatic heterocycles. The first-order valence-electron chi connectivity index (χ1n) is 9.15. The number of aryl methyl sites for hydroxylation is 1. The minimum atomic E-state index is -3.47. The third kappa shape index (κ3) is 2.44. The maximum Gasteiger partial charge on any atom is 0.243 e. The van der Waals surface area contributed by atoms with Crippen LogP contribution in [0.1, 0.15) is 44.1 Å². The first-order chi connectivity index (χ1) is 11.5. The predicted octanol–water partition coefficient (Wildman–Crippen LogP) is 3.35. The molecule has 4 atom stereocenters. The van der Waals surface area contributed by atoms with Gasteiger partial charge in [0.1, 0.15) is 5.60 Å². The molecular formula is C19H27NO3S. The van der Waals surface area contributed by atoms with Crippen molar-refractivity contribution < 1.29 is 13.2 Å². The van der Waals surface area contributed by atoms with Crippen LogP contribution in [0.2, 0.25) is 0 Å². The van der Waals surface area contributed by atoms with E-state index in [9.17, 15) is 8.42 Å². The molecule has 0 amide bonds. The van der Waals surface area contributed by atoms with Crippen LogP contribution in [0.4, 0.5) is 0 Å². The molecule has 24 heavy (non-hydrogen) atoms. The lowest BCUT2D eigenvalue weighted by atomic mass is 9.56. The molecule has 0 bridgehead atoms. The molecule has 1 heterocycles. The molecule has 132 valence electrons. The Kier molecular flexibility index (Phi) is 4.01. The smallest absolute Gasteiger partial charge is 0.243 e. The van der Waals surface area contributed by atoms with E-state index >= 15 is 0 Å². The van der Waals surface area contributed by atoms with E-state index in [0.29, 0.717) is 16.7 Å². The van der Waals surface area contributed by atoms with Crippen molar-refractivity contribution in [3.63, 3.8) is 0 Å². The van der Waals surface area contributed by atoms with Gasteiger partial charge in [-0.1, -0.05) is 43.4 Å². The van der Waals surface area contributed by atoms with Crippen LogP contribution in [0.15, 0.2) is 29.2 Å². The second-order valence-corrected chi connectivity index (χ2v) is 9.78. The number of rotatable bonds is 3. The summed E-state index contributed by atoms with van der Waals surface area (Å²) < 4.78 is 33.7. The third-order valence-electron chi connectivity index (χ3n) is 6.42. The molecule has 4 nitrogen and oxygen atoms in total. The number of nitrogens with zero attached hydrogens (tertiary/aromatic N) is 1. The Balaban J connectivity index is 1.61. The molecular weight excluding hydrogens is 322 g/mol. The van der Waals surface area contributed by atoms with Crippen molar-refractivity contribution in [3.05, 3.63) is 29.8 Å². The van der Waals surface area contributed by atoms with E-state index in [1.54, 1.807) is 23.5 Å². The summed E-state index contributed by atoms with van der Waals surface area (Å²) in [4.78, 5) is 0.390. The van der Waals surface area contributed by atoms with Gasteiger partial charge >= 0.3 is 0 Å². The summed E-state index contributed by atoms with van der Waals surface area (Å²) in [5.41, 5.74) is 0.886.